The predicted molar refractivity (Wildman–Crippen MR) is 123 cm³/mol. The monoisotopic (exact) mass is 406 g/mol. The summed E-state index contributed by atoms with van der Waals surface area (Å²) in [6.45, 7) is 12.8. The highest BCUT2D eigenvalue weighted by Gasteiger charge is 2.60. The standard InChI is InChI=1S/C27H47Cl/c1-18(2)7-6-8-19(3)23-11-12-24-22-10-9-20-17-21(28)13-15-26(20,4)25(22)14-16-27(23,24)5/h18-25H,6-17H2,1-5H3/t19-,20?,21+,22?,23-,24?,25?,26+,27-/m1/s1. The molecule has 0 bridgehead atoms. The van der Waals surface area contributed by atoms with Gasteiger partial charge in [0.15, 0.2) is 0 Å². The van der Waals surface area contributed by atoms with Crippen molar-refractivity contribution in [3.8, 4) is 0 Å². The molecule has 4 fully saturated rings. The van der Waals surface area contributed by atoms with E-state index in [1.54, 1.807) is 0 Å². The largest absolute Gasteiger partial charge is 0.123 e. The van der Waals surface area contributed by atoms with Crippen LogP contribution in [0.3, 0.4) is 0 Å². The van der Waals surface area contributed by atoms with Crippen LogP contribution >= 0.6 is 11.6 Å². The lowest BCUT2D eigenvalue weighted by Crippen LogP contribution is -2.53. The van der Waals surface area contributed by atoms with Crippen molar-refractivity contribution in [1.82, 2.24) is 0 Å². The Morgan fingerprint density at radius 2 is 1.54 bits per heavy atom. The SMILES string of the molecule is CC(C)CCC[C@@H](C)[C@H]1CCC2C3CCC4C[C@@H](Cl)CC[C@]4(C)C3CC[C@@]21C. The van der Waals surface area contributed by atoms with E-state index in [-0.39, 0.29) is 0 Å². The Kier molecular flexibility index (Phi) is 6.22. The molecule has 4 rings (SSSR count). The van der Waals surface area contributed by atoms with Gasteiger partial charge in [0.2, 0.25) is 0 Å². The first-order valence-corrected chi connectivity index (χ1v) is 13.3. The molecular weight excluding hydrogens is 360 g/mol. The van der Waals surface area contributed by atoms with Gasteiger partial charge in [0.1, 0.15) is 0 Å². The summed E-state index contributed by atoms with van der Waals surface area (Å²) >= 11 is 6.60. The van der Waals surface area contributed by atoms with Gasteiger partial charge in [-0.3, -0.25) is 0 Å². The molecule has 9 atom stereocenters. The Morgan fingerprint density at radius 3 is 2.29 bits per heavy atom. The predicted octanol–water partition coefficient (Wildman–Crippen LogP) is 8.72. The van der Waals surface area contributed by atoms with Crippen LogP contribution in [-0.4, -0.2) is 5.38 Å². The zero-order valence-corrected chi connectivity index (χ0v) is 20.2. The molecule has 0 aromatic rings. The maximum atomic E-state index is 6.60. The van der Waals surface area contributed by atoms with Gasteiger partial charge in [-0.05, 0) is 110 Å². The second-order valence-corrected chi connectivity index (χ2v) is 13.2. The Labute approximate surface area is 181 Å². The van der Waals surface area contributed by atoms with E-state index in [1.165, 1.54) is 77.0 Å². The Hall–Kier alpha value is 0.290. The molecule has 0 aromatic heterocycles. The van der Waals surface area contributed by atoms with Crippen LogP contribution in [0.4, 0.5) is 0 Å². The van der Waals surface area contributed by atoms with E-state index >= 15 is 0 Å². The van der Waals surface area contributed by atoms with Crippen molar-refractivity contribution < 1.29 is 0 Å². The molecule has 0 saturated heterocycles. The Bertz CT molecular complexity index is 540. The molecule has 0 nitrogen and oxygen atoms in total. The number of fused-ring (bicyclic) bond motifs is 5. The van der Waals surface area contributed by atoms with E-state index in [4.69, 9.17) is 11.6 Å². The van der Waals surface area contributed by atoms with E-state index in [0.29, 0.717) is 16.2 Å². The van der Waals surface area contributed by atoms with Crippen LogP contribution in [-0.2, 0) is 0 Å². The molecule has 0 amide bonds. The number of rotatable bonds is 5. The number of hydrogen-bond acceptors (Lipinski definition) is 0. The van der Waals surface area contributed by atoms with Crippen molar-refractivity contribution in [2.45, 2.75) is 117 Å². The number of hydrogen-bond donors (Lipinski definition) is 0. The third kappa shape index (κ3) is 3.61. The summed E-state index contributed by atoms with van der Waals surface area (Å²) in [7, 11) is 0. The van der Waals surface area contributed by atoms with Gasteiger partial charge in [-0.25, -0.2) is 0 Å². The van der Waals surface area contributed by atoms with Crippen molar-refractivity contribution in [1.29, 1.82) is 0 Å². The molecule has 4 saturated carbocycles. The van der Waals surface area contributed by atoms with E-state index in [1.807, 2.05) is 0 Å². The molecule has 162 valence electrons. The van der Waals surface area contributed by atoms with Gasteiger partial charge in [-0.1, -0.05) is 53.9 Å². The summed E-state index contributed by atoms with van der Waals surface area (Å²) in [6.07, 6.45) is 17.4. The molecule has 0 aromatic carbocycles. The summed E-state index contributed by atoms with van der Waals surface area (Å²) in [5, 5.41) is 0.464. The second-order valence-electron chi connectivity index (χ2n) is 12.6. The Morgan fingerprint density at radius 1 is 0.821 bits per heavy atom. The molecule has 4 aliphatic rings. The average Bonchev–Trinajstić information content (AvgIpc) is 2.99. The van der Waals surface area contributed by atoms with Crippen molar-refractivity contribution in [2.75, 3.05) is 0 Å². The summed E-state index contributed by atoms with van der Waals surface area (Å²) in [5.74, 6) is 6.77. The van der Waals surface area contributed by atoms with Gasteiger partial charge < -0.3 is 0 Å². The fraction of sp³-hybridized carbons (Fsp3) is 1.00. The normalized spacial score (nSPS) is 49.4. The molecule has 0 spiro atoms. The van der Waals surface area contributed by atoms with E-state index in [2.05, 4.69) is 34.6 Å². The van der Waals surface area contributed by atoms with Gasteiger partial charge in [0.05, 0.1) is 0 Å². The molecule has 1 heteroatoms. The fourth-order valence-corrected chi connectivity index (χ4v) is 9.55. The van der Waals surface area contributed by atoms with Gasteiger partial charge >= 0.3 is 0 Å². The molecule has 4 unspecified atom stereocenters. The molecule has 28 heavy (non-hydrogen) atoms. The van der Waals surface area contributed by atoms with Crippen molar-refractivity contribution in [2.24, 2.45) is 52.3 Å². The zero-order valence-electron chi connectivity index (χ0n) is 19.5. The van der Waals surface area contributed by atoms with Gasteiger partial charge in [0.25, 0.3) is 0 Å². The minimum absolute atomic E-state index is 0.464. The third-order valence-electron chi connectivity index (χ3n) is 10.8. The highest BCUT2D eigenvalue weighted by Crippen LogP contribution is 2.68. The highest BCUT2D eigenvalue weighted by atomic mass is 35.5. The first kappa shape index (κ1) is 21.5. The van der Waals surface area contributed by atoms with Crippen molar-refractivity contribution in [3.05, 3.63) is 0 Å². The van der Waals surface area contributed by atoms with Crippen LogP contribution in [0, 0.1) is 52.3 Å². The minimum Gasteiger partial charge on any atom is -0.123 e. The van der Waals surface area contributed by atoms with Crippen LogP contribution in [0.2, 0.25) is 0 Å². The Balaban J connectivity index is 1.46. The van der Waals surface area contributed by atoms with Gasteiger partial charge in [-0.15, -0.1) is 11.6 Å². The van der Waals surface area contributed by atoms with Crippen molar-refractivity contribution in [3.63, 3.8) is 0 Å². The number of halogens is 1. The molecule has 0 aliphatic heterocycles. The quantitative estimate of drug-likeness (QED) is 0.400. The lowest BCUT2D eigenvalue weighted by atomic mass is 9.44. The highest BCUT2D eigenvalue weighted by molar-refractivity contribution is 6.20. The zero-order chi connectivity index (χ0) is 20.1. The van der Waals surface area contributed by atoms with Crippen LogP contribution in [0.5, 0.6) is 0 Å². The maximum absolute atomic E-state index is 6.60. The summed E-state index contributed by atoms with van der Waals surface area (Å²) < 4.78 is 0. The lowest BCUT2D eigenvalue weighted by Gasteiger charge is -2.61. The van der Waals surface area contributed by atoms with Gasteiger partial charge in [-0.2, -0.15) is 0 Å². The topological polar surface area (TPSA) is 0 Å². The summed E-state index contributed by atoms with van der Waals surface area (Å²) in [4.78, 5) is 0. The minimum atomic E-state index is 0.464. The maximum Gasteiger partial charge on any atom is 0.0339 e. The first-order valence-electron chi connectivity index (χ1n) is 12.9. The molecule has 4 aliphatic carbocycles. The first-order chi connectivity index (χ1) is 13.3. The molecule has 0 radical (unpaired) electrons. The van der Waals surface area contributed by atoms with Crippen LogP contribution in [0.25, 0.3) is 0 Å². The average molecular weight is 407 g/mol. The number of alkyl halides is 1. The van der Waals surface area contributed by atoms with Crippen LogP contribution in [0.15, 0.2) is 0 Å². The summed E-state index contributed by atoms with van der Waals surface area (Å²) in [5.41, 5.74) is 1.25. The van der Waals surface area contributed by atoms with E-state index < -0.39 is 0 Å². The smallest absolute Gasteiger partial charge is 0.0339 e. The van der Waals surface area contributed by atoms with Crippen molar-refractivity contribution >= 4 is 11.6 Å². The molecule has 0 N–H and O–H groups in total. The second kappa shape index (κ2) is 8.09. The van der Waals surface area contributed by atoms with Crippen LogP contribution < -0.4 is 0 Å². The van der Waals surface area contributed by atoms with E-state index in [0.717, 1.165) is 41.4 Å². The fourth-order valence-electron chi connectivity index (χ4n) is 9.23. The lowest BCUT2D eigenvalue weighted by molar-refractivity contribution is -0.113. The molecule has 0 heterocycles. The third-order valence-corrected chi connectivity index (χ3v) is 11.2. The van der Waals surface area contributed by atoms with Crippen LogP contribution in [0.1, 0.15) is 112 Å². The molecular formula is C27H47Cl. The van der Waals surface area contributed by atoms with E-state index in [9.17, 15) is 0 Å². The van der Waals surface area contributed by atoms with Gasteiger partial charge in [0, 0.05) is 5.38 Å². The summed E-state index contributed by atoms with van der Waals surface area (Å²) in [6, 6.07) is 0.